The molecular weight excluding hydrogens is 466 g/mol. The van der Waals surface area contributed by atoms with Gasteiger partial charge in [-0.2, -0.15) is 0 Å². The molecule has 35 heavy (non-hydrogen) atoms. The second-order valence-corrected chi connectivity index (χ2v) is 9.12. The van der Waals surface area contributed by atoms with Crippen molar-refractivity contribution in [2.24, 2.45) is 4.99 Å². The van der Waals surface area contributed by atoms with Crippen LogP contribution in [0.15, 0.2) is 65.7 Å². The largest absolute Gasteiger partial charge is 0.494 e. The van der Waals surface area contributed by atoms with Gasteiger partial charge in [0, 0.05) is 28.6 Å². The van der Waals surface area contributed by atoms with Crippen molar-refractivity contribution in [3.8, 4) is 5.88 Å². The van der Waals surface area contributed by atoms with Crippen LogP contribution in [0.25, 0.3) is 10.9 Å². The second-order valence-electron chi connectivity index (χ2n) is 8.68. The summed E-state index contributed by atoms with van der Waals surface area (Å²) in [6.07, 6.45) is 2.47. The number of hydrogen-bond acceptors (Lipinski definition) is 6. The van der Waals surface area contributed by atoms with Crippen LogP contribution < -0.4 is 5.73 Å². The van der Waals surface area contributed by atoms with Crippen molar-refractivity contribution < 1.29 is 10.0 Å². The summed E-state index contributed by atoms with van der Waals surface area (Å²) in [5.74, 6) is -0.105. The summed E-state index contributed by atoms with van der Waals surface area (Å²) in [5.41, 5.74) is 9.41. The van der Waals surface area contributed by atoms with Crippen LogP contribution in [-0.2, 0) is 6.54 Å². The number of nitrogens with zero attached hydrogens (tertiary/aromatic N) is 3. The lowest BCUT2D eigenvalue weighted by molar-refractivity contribution is -0.383. The molecule has 0 amide bonds. The number of nitro benzene ring substituents is 1. The predicted molar refractivity (Wildman–Crippen MR) is 139 cm³/mol. The van der Waals surface area contributed by atoms with Crippen molar-refractivity contribution >= 4 is 45.3 Å². The van der Waals surface area contributed by atoms with Crippen molar-refractivity contribution in [2.45, 2.75) is 19.4 Å². The fourth-order valence-electron chi connectivity index (χ4n) is 4.51. The highest BCUT2D eigenvalue weighted by molar-refractivity contribution is 6.31. The van der Waals surface area contributed by atoms with Crippen LogP contribution in [0.1, 0.15) is 29.5 Å². The summed E-state index contributed by atoms with van der Waals surface area (Å²) < 4.78 is 0. The second kappa shape index (κ2) is 9.40. The molecule has 1 fully saturated rings. The zero-order valence-corrected chi connectivity index (χ0v) is 19.6. The van der Waals surface area contributed by atoms with Crippen LogP contribution in [0.5, 0.6) is 5.88 Å². The fraction of sp³-hybridized carbons (Fsp3) is 0.192. The maximum absolute atomic E-state index is 11.5. The van der Waals surface area contributed by atoms with Crippen LogP contribution in [0.3, 0.4) is 0 Å². The lowest BCUT2D eigenvalue weighted by Crippen LogP contribution is -2.18. The van der Waals surface area contributed by atoms with E-state index in [-0.39, 0.29) is 17.3 Å². The Balaban J connectivity index is 1.62. The third kappa shape index (κ3) is 4.71. The number of rotatable bonds is 6. The predicted octanol–water partition coefficient (Wildman–Crippen LogP) is 5.78. The third-order valence-electron chi connectivity index (χ3n) is 6.26. The summed E-state index contributed by atoms with van der Waals surface area (Å²) in [4.78, 5) is 21.2. The third-order valence-corrected chi connectivity index (χ3v) is 6.50. The zero-order chi connectivity index (χ0) is 24.5. The number of nitrogens with one attached hydrogen (secondary N) is 1. The van der Waals surface area contributed by atoms with Gasteiger partial charge in [0.1, 0.15) is 5.69 Å². The highest BCUT2D eigenvalue weighted by Gasteiger charge is 2.22. The molecule has 8 nitrogen and oxygen atoms in total. The summed E-state index contributed by atoms with van der Waals surface area (Å²) in [6.45, 7) is 3.12. The summed E-state index contributed by atoms with van der Waals surface area (Å²) in [5, 5.41) is 23.6. The first-order valence-corrected chi connectivity index (χ1v) is 11.7. The first kappa shape index (κ1) is 22.9. The lowest BCUT2D eigenvalue weighted by Gasteiger charge is -2.14. The van der Waals surface area contributed by atoms with Gasteiger partial charge in [-0.15, -0.1) is 0 Å². The highest BCUT2D eigenvalue weighted by atomic mass is 35.5. The number of aromatic nitrogens is 1. The maximum Gasteiger partial charge on any atom is 0.292 e. The number of H-pyrrole nitrogens is 1. The number of hydrogen-bond donors (Lipinski definition) is 3. The van der Waals surface area contributed by atoms with Crippen LogP contribution in [0.2, 0.25) is 5.02 Å². The number of halogens is 1. The molecule has 1 aliphatic rings. The molecule has 1 aliphatic heterocycles. The lowest BCUT2D eigenvalue weighted by atomic mass is 9.99. The van der Waals surface area contributed by atoms with Gasteiger partial charge < -0.3 is 15.8 Å². The molecule has 4 aromatic rings. The number of nitrogens with two attached hydrogens (primary N) is 1. The fourth-order valence-corrected chi connectivity index (χ4v) is 4.69. The van der Waals surface area contributed by atoms with Crippen LogP contribution >= 0.6 is 11.6 Å². The van der Waals surface area contributed by atoms with E-state index in [9.17, 15) is 15.2 Å². The van der Waals surface area contributed by atoms with Gasteiger partial charge in [-0.25, -0.2) is 4.99 Å². The Bertz CT molecular complexity index is 1440. The zero-order valence-electron chi connectivity index (χ0n) is 18.9. The molecule has 2 heterocycles. The average Bonchev–Trinajstić information content (AvgIpc) is 3.45. The van der Waals surface area contributed by atoms with E-state index < -0.39 is 4.92 Å². The van der Waals surface area contributed by atoms with Crippen molar-refractivity contribution in [3.05, 3.63) is 92.5 Å². The molecule has 0 spiro atoms. The summed E-state index contributed by atoms with van der Waals surface area (Å²) >= 11 is 6.13. The van der Waals surface area contributed by atoms with Gasteiger partial charge in [-0.1, -0.05) is 35.9 Å². The van der Waals surface area contributed by atoms with E-state index in [0.29, 0.717) is 38.5 Å². The molecule has 1 aromatic heterocycles. The minimum Gasteiger partial charge on any atom is -0.494 e. The van der Waals surface area contributed by atoms with E-state index in [1.807, 2.05) is 24.3 Å². The van der Waals surface area contributed by atoms with E-state index in [2.05, 4.69) is 9.88 Å². The topological polar surface area (TPSA) is 121 Å². The normalized spacial score (nSPS) is 14.6. The standard InChI is InChI=1S/C26H24ClN5O3/c27-18-6-9-20-22(14-18)30-26(33)24(20)25(17-5-10-21(28)23(13-17)32(34)35)29-19-7-3-16(4-8-19)15-31-11-1-2-12-31/h3-10,13-14,30,33H,1-2,11-12,15,28H2. The van der Waals surface area contributed by atoms with Gasteiger partial charge in [-0.3, -0.25) is 15.0 Å². The number of aromatic hydroxyl groups is 1. The van der Waals surface area contributed by atoms with Crippen molar-refractivity contribution in [1.82, 2.24) is 9.88 Å². The van der Waals surface area contributed by atoms with E-state index >= 15 is 0 Å². The van der Waals surface area contributed by atoms with Gasteiger partial charge >= 0.3 is 0 Å². The number of fused-ring (bicyclic) bond motifs is 1. The molecule has 0 bridgehead atoms. The molecule has 9 heteroatoms. The van der Waals surface area contributed by atoms with Crippen LogP contribution in [-0.4, -0.2) is 38.7 Å². The Morgan fingerprint density at radius 2 is 1.86 bits per heavy atom. The van der Waals surface area contributed by atoms with E-state index in [1.165, 1.54) is 30.5 Å². The molecular formula is C26H24ClN5O3. The molecule has 0 radical (unpaired) electrons. The molecule has 0 saturated carbocycles. The number of nitro groups is 1. The Kier molecular flexibility index (Phi) is 6.15. The number of likely N-dealkylation sites (tertiary alicyclic amines) is 1. The van der Waals surface area contributed by atoms with Gasteiger partial charge in [-0.05, 0) is 61.8 Å². The Hall–Kier alpha value is -3.88. The van der Waals surface area contributed by atoms with E-state index in [4.69, 9.17) is 22.3 Å². The van der Waals surface area contributed by atoms with E-state index in [0.717, 1.165) is 19.6 Å². The molecule has 0 unspecified atom stereocenters. The van der Waals surface area contributed by atoms with E-state index in [1.54, 1.807) is 24.3 Å². The molecule has 1 saturated heterocycles. The minimum absolute atomic E-state index is 0.0549. The van der Waals surface area contributed by atoms with Gasteiger partial charge in [0.2, 0.25) is 0 Å². The van der Waals surface area contributed by atoms with Crippen molar-refractivity contribution in [1.29, 1.82) is 0 Å². The molecule has 3 aromatic carbocycles. The number of aromatic amines is 1. The summed E-state index contributed by atoms with van der Waals surface area (Å²) in [7, 11) is 0. The Morgan fingerprint density at radius 3 is 2.57 bits per heavy atom. The SMILES string of the molecule is Nc1ccc(C(=Nc2ccc(CN3CCCC3)cc2)c2c(O)[nH]c3cc(Cl)ccc23)cc1[N+](=O)[O-]. The summed E-state index contributed by atoms with van der Waals surface area (Å²) in [6, 6.07) is 17.6. The molecule has 0 atom stereocenters. The smallest absolute Gasteiger partial charge is 0.292 e. The first-order valence-electron chi connectivity index (χ1n) is 11.3. The molecule has 4 N–H and O–H groups in total. The molecule has 5 rings (SSSR count). The van der Waals surface area contributed by atoms with Crippen molar-refractivity contribution in [2.75, 3.05) is 18.8 Å². The average molecular weight is 490 g/mol. The Morgan fingerprint density at radius 1 is 1.11 bits per heavy atom. The molecule has 178 valence electrons. The number of nitrogen functional groups attached to an aromatic ring is 1. The minimum atomic E-state index is -0.529. The maximum atomic E-state index is 11.5. The van der Waals surface area contributed by atoms with Gasteiger partial charge in [0.25, 0.3) is 5.69 Å². The quantitative estimate of drug-likeness (QED) is 0.137. The number of benzene rings is 3. The Labute approximate surface area is 206 Å². The molecule has 0 aliphatic carbocycles. The number of anilines is 1. The highest BCUT2D eigenvalue weighted by Crippen LogP contribution is 2.34. The van der Waals surface area contributed by atoms with Crippen LogP contribution in [0, 0.1) is 10.1 Å². The number of aliphatic imine (C=N–C) groups is 1. The van der Waals surface area contributed by atoms with Gasteiger partial charge in [0.15, 0.2) is 5.88 Å². The van der Waals surface area contributed by atoms with Crippen molar-refractivity contribution in [3.63, 3.8) is 0 Å². The van der Waals surface area contributed by atoms with Gasteiger partial charge in [0.05, 0.1) is 27.4 Å². The monoisotopic (exact) mass is 489 g/mol. The first-order chi connectivity index (χ1) is 16.9. The van der Waals surface area contributed by atoms with Crippen LogP contribution in [0.4, 0.5) is 17.1 Å².